The Morgan fingerprint density at radius 2 is 2.11 bits per heavy atom. The number of methoxy groups -OCH3 is 2. The molecule has 144 valence electrons. The fourth-order valence-electron chi connectivity index (χ4n) is 2.75. The number of ether oxygens (including phenoxy) is 2. The molecule has 2 aromatic rings. The van der Waals surface area contributed by atoms with Crippen LogP contribution in [0.2, 0.25) is 0 Å². The second-order valence-corrected chi connectivity index (χ2v) is 8.46. The van der Waals surface area contributed by atoms with Crippen molar-refractivity contribution in [2.24, 2.45) is 7.05 Å². The summed E-state index contributed by atoms with van der Waals surface area (Å²) in [6.45, 7) is 2.08. The number of benzene rings is 1. The van der Waals surface area contributed by atoms with E-state index in [-0.39, 0.29) is 17.2 Å². The summed E-state index contributed by atoms with van der Waals surface area (Å²) in [4.78, 5) is 30.1. The molecule has 0 saturated heterocycles. The third-order valence-electron chi connectivity index (χ3n) is 4.08. The first-order valence-electron chi connectivity index (χ1n) is 8.34. The van der Waals surface area contributed by atoms with Crippen molar-refractivity contribution in [3.8, 4) is 11.5 Å². The molecular weight excluding hydrogens is 386 g/mol. The van der Waals surface area contributed by atoms with E-state index in [1.165, 1.54) is 16.3 Å². The van der Waals surface area contributed by atoms with Crippen LogP contribution < -0.4 is 20.3 Å². The van der Waals surface area contributed by atoms with Gasteiger partial charge in [0.2, 0.25) is 5.91 Å². The predicted molar refractivity (Wildman–Crippen MR) is 107 cm³/mol. The van der Waals surface area contributed by atoms with E-state index < -0.39 is 0 Å². The smallest absolute Gasteiger partial charge is 0.267 e. The van der Waals surface area contributed by atoms with Gasteiger partial charge in [-0.3, -0.25) is 14.2 Å². The van der Waals surface area contributed by atoms with Gasteiger partial charge in [-0.15, -0.1) is 11.8 Å². The van der Waals surface area contributed by atoms with Crippen molar-refractivity contribution in [2.75, 3.05) is 25.3 Å². The van der Waals surface area contributed by atoms with E-state index in [1.54, 1.807) is 51.2 Å². The van der Waals surface area contributed by atoms with Crippen molar-refractivity contribution < 1.29 is 14.3 Å². The van der Waals surface area contributed by atoms with Crippen molar-refractivity contribution in [1.29, 1.82) is 0 Å². The first-order chi connectivity index (χ1) is 12.9. The third-order valence-corrected chi connectivity index (χ3v) is 6.32. The molecule has 0 saturated carbocycles. The molecule has 9 heteroatoms. The van der Waals surface area contributed by atoms with Crippen LogP contribution in [0.5, 0.6) is 11.5 Å². The van der Waals surface area contributed by atoms with Crippen LogP contribution in [-0.4, -0.2) is 40.7 Å². The van der Waals surface area contributed by atoms with Crippen LogP contribution in [0, 0.1) is 0 Å². The molecule has 1 N–H and O–H groups in total. The maximum atomic E-state index is 12.5. The largest absolute Gasteiger partial charge is 0.493 e. The number of nitrogens with one attached hydrogen (secondary N) is 1. The van der Waals surface area contributed by atoms with E-state index in [1.807, 2.05) is 0 Å². The molecule has 1 aromatic heterocycles. The van der Waals surface area contributed by atoms with E-state index in [0.717, 1.165) is 17.0 Å². The highest BCUT2D eigenvalue weighted by molar-refractivity contribution is 8.00. The lowest BCUT2D eigenvalue weighted by molar-refractivity contribution is -0.113. The molecule has 0 spiro atoms. The first kappa shape index (κ1) is 19.6. The number of aromatic nitrogens is 2. The Hall–Kier alpha value is -2.13. The van der Waals surface area contributed by atoms with Gasteiger partial charge in [0.1, 0.15) is 0 Å². The second-order valence-electron chi connectivity index (χ2n) is 6.07. The molecule has 0 fully saturated rings. The van der Waals surface area contributed by atoms with Gasteiger partial charge < -0.3 is 14.8 Å². The maximum Gasteiger partial charge on any atom is 0.267 e. The number of fused-ring (bicyclic) bond motifs is 1. The minimum Gasteiger partial charge on any atom is -0.493 e. The van der Waals surface area contributed by atoms with E-state index in [0.29, 0.717) is 27.6 Å². The highest BCUT2D eigenvalue weighted by Crippen LogP contribution is 2.34. The fraction of sp³-hybridized carbons (Fsp3) is 0.389. The summed E-state index contributed by atoms with van der Waals surface area (Å²) in [5.41, 5.74) is 1.40. The van der Waals surface area contributed by atoms with Crippen LogP contribution in [0.4, 0.5) is 5.69 Å². The van der Waals surface area contributed by atoms with Gasteiger partial charge in [-0.25, -0.2) is 4.98 Å². The zero-order valence-electron chi connectivity index (χ0n) is 15.6. The number of thioether (sulfide) groups is 2. The lowest BCUT2D eigenvalue weighted by Crippen LogP contribution is -2.23. The minimum atomic E-state index is -0.190. The summed E-state index contributed by atoms with van der Waals surface area (Å²) < 4.78 is 11.9. The van der Waals surface area contributed by atoms with Gasteiger partial charge in [-0.05, 0) is 12.1 Å². The quantitative estimate of drug-likeness (QED) is 0.582. The van der Waals surface area contributed by atoms with Gasteiger partial charge in [0.15, 0.2) is 16.7 Å². The lowest BCUT2D eigenvalue weighted by Gasteiger charge is -2.11. The Labute approximate surface area is 165 Å². The van der Waals surface area contributed by atoms with Gasteiger partial charge in [-0.2, -0.15) is 0 Å². The van der Waals surface area contributed by atoms with Crippen LogP contribution in [-0.2, 0) is 18.3 Å². The van der Waals surface area contributed by atoms with Gasteiger partial charge in [-0.1, -0.05) is 18.7 Å². The SMILES string of the molecule is COc1ccc(NC(=O)CSc2nc3c(c(=O)n2C)SC(C)C3)cc1OC. The Balaban J connectivity index is 1.67. The van der Waals surface area contributed by atoms with Crippen LogP contribution in [0.15, 0.2) is 33.0 Å². The molecule has 1 unspecified atom stereocenters. The van der Waals surface area contributed by atoms with Crippen molar-refractivity contribution in [3.05, 3.63) is 34.2 Å². The van der Waals surface area contributed by atoms with E-state index in [4.69, 9.17) is 9.47 Å². The summed E-state index contributed by atoms with van der Waals surface area (Å²) in [7, 11) is 4.78. The monoisotopic (exact) mass is 407 g/mol. The number of anilines is 1. The summed E-state index contributed by atoms with van der Waals surface area (Å²) in [5, 5.41) is 3.72. The number of hydrogen-bond donors (Lipinski definition) is 1. The highest BCUT2D eigenvalue weighted by atomic mass is 32.2. The lowest BCUT2D eigenvalue weighted by atomic mass is 10.2. The molecule has 27 heavy (non-hydrogen) atoms. The Bertz CT molecular complexity index is 930. The molecule has 0 bridgehead atoms. The van der Waals surface area contributed by atoms with Gasteiger partial charge >= 0.3 is 0 Å². The third kappa shape index (κ3) is 4.24. The molecule has 3 rings (SSSR count). The normalized spacial score (nSPS) is 15.3. The summed E-state index contributed by atoms with van der Waals surface area (Å²) in [6.07, 6.45) is 0.779. The average molecular weight is 408 g/mol. The summed E-state index contributed by atoms with van der Waals surface area (Å²) in [5.74, 6) is 1.09. The number of rotatable bonds is 6. The average Bonchev–Trinajstić information content (AvgIpc) is 3.03. The number of amides is 1. The van der Waals surface area contributed by atoms with Crippen LogP contribution >= 0.6 is 23.5 Å². The Kier molecular flexibility index (Phi) is 6.01. The molecule has 1 amide bonds. The molecule has 0 aliphatic carbocycles. The maximum absolute atomic E-state index is 12.5. The number of nitrogens with zero attached hydrogens (tertiary/aromatic N) is 2. The highest BCUT2D eigenvalue weighted by Gasteiger charge is 2.25. The predicted octanol–water partition coefficient (Wildman–Crippen LogP) is 2.57. The zero-order valence-corrected chi connectivity index (χ0v) is 17.2. The molecule has 1 aliphatic rings. The standard InChI is InChI=1S/C18H21N3O4S2/c1-10-7-12-16(27-10)17(23)21(2)18(20-12)26-9-15(22)19-11-5-6-13(24-3)14(8-11)25-4/h5-6,8,10H,7,9H2,1-4H3,(H,19,22). The molecule has 7 nitrogen and oxygen atoms in total. The Morgan fingerprint density at radius 3 is 2.81 bits per heavy atom. The molecule has 0 radical (unpaired) electrons. The molecule has 1 atom stereocenters. The first-order valence-corrected chi connectivity index (χ1v) is 10.2. The van der Waals surface area contributed by atoms with Crippen molar-refractivity contribution in [1.82, 2.24) is 9.55 Å². The topological polar surface area (TPSA) is 82.5 Å². The van der Waals surface area contributed by atoms with Gasteiger partial charge in [0, 0.05) is 30.5 Å². The van der Waals surface area contributed by atoms with Crippen LogP contribution in [0.3, 0.4) is 0 Å². The summed E-state index contributed by atoms with van der Waals surface area (Å²) >= 11 is 2.81. The van der Waals surface area contributed by atoms with Crippen molar-refractivity contribution >= 4 is 35.1 Å². The number of hydrogen-bond acceptors (Lipinski definition) is 7. The fourth-order valence-corrected chi connectivity index (χ4v) is 4.68. The van der Waals surface area contributed by atoms with E-state index in [9.17, 15) is 9.59 Å². The van der Waals surface area contributed by atoms with Crippen molar-refractivity contribution in [3.63, 3.8) is 0 Å². The molecule has 2 heterocycles. The zero-order chi connectivity index (χ0) is 19.6. The van der Waals surface area contributed by atoms with Crippen LogP contribution in [0.25, 0.3) is 0 Å². The van der Waals surface area contributed by atoms with Gasteiger partial charge in [0.25, 0.3) is 5.56 Å². The second kappa shape index (κ2) is 8.26. The number of carbonyl (C=O) groups excluding carboxylic acids is 1. The molecule has 1 aromatic carbocycles. The van der Waals surface area contributed by atoms with E-state index in [2.05, 4.69) is 17.2 Å². The van der Waals surface area contributed by atoms with E-state index >= 15 is 0 Å². The Morgan fingerprint density at radius 1 is 1.37 bits per heavy atom. The van der Waals surface area contributed by atoms with Crippen LogP contribution in [0.1, 0.15) is 12.6 Å². The molecular formula is C18H21N3O4S2. The van der Waals surface area contributed by atoms with Gasteiger partial charge in [0.05, 0.1) is 30.6 Å². The summed E-state index contributed by atoms with van der Waals surface area (Å²) in [6, 6.07) is 5.17. The minimum absolute atomic E-state index is 0.0443. The number of carbonyl (C=O) groups is 1. The molecule has 1 aliphatic heterocycles. The van der Waals surface area contributed by atoms with Crippen molar-refractivity contribution in [2.45, 2.75) is 28.6 Å².